The van der Waals surface area contributed by atoms with Gasteiger partial charge in [-0.05, 0) is 36.4 Å². The molecule has 0 radical (unpaired) electrons. The molecule has 1 N–H and O–H groups in total. The van der Waals surface area contributed by atoms with Gasteiger partial charge < -0.3 is 14.6 Å². The standard InChI is InChI=1S/C21H18Cl2N4O4S/c1-2-5-24-20(28)14-3-4-19-18(10-14)25-21(31-19)26-6-8-27(9-7-26)32(29,30)17-12-15(22)11-16(23)13-17/h1,3-4,10-13H,5-9H2,(H,24,28). The first-order valence-electron chi connectivity index (χ1n) is 9.61. The molecule has 1 aliphatic heterocycles. The van der Waals surface area contributed by atoms with Gasteiger partial charge >= 0.3 is 0 Å². The zero-order valence-electron chi connectivity index (χ0n) is 16.7. The minimum atomic E-state index is -3.73. The van der Waals surface area contributed by atoms with Crippen molar-refractivity contribution in [1.29, 1.82) is 0 Å². The molecule has 8 nitrogen and oxygen atoms in total. The number of carbonyl (C=O) groups is 1. The Morgan fingerprint density at radius 2 is 1.81 bits per heavy atom. The third-order valence-corrected chi connectivity index (χ3v) is 7.29. The molecular weight excluding hydrogens is 475 g/mol. The second-order valence-corrected chi connectivity index (χ2v) is 9.87. The van der Waals surface area contributed by atoms with Crippen molar-refractivity contribution in [2.24, 2.45) is 0 Å². The third kappa shape index (κ3) is 4.54. The van der Waals surface area contributed by atoms with Crippen molar-refractivity contribution < 1.29 is 17.6 Å². The maximum atomic E-state index is 13.0. The largest absolute Gasteiger partial charge is 0.423 e. The van der Waals surface area contributed by atoms with Gasteiger partial charge in [0, 0.05) is 41.8 Å². The third-order valence-electron chi connectivity index (χ3n) is 4.97. The number of anilines is 1. The Morgan fingerprint density at radius 3 is 2.47 bits per heavy atom. The van der Waals surface area contributed by atoms with Crippen molar-refractivity contribution in [2.45, 2.75) is 4.90 Å². The van der Waals surface area contributed by atoms with E-state index in [-0.39, 0.29) is 40.5 Å². The zero-order valence-corrected chi connectivity index (χ0v) is 19.0. The first-order chi connectivity index (χ1) is 15.3. The normalized spacial score (nSPS) is 15.0. The molecule has 1 saturated heterocycles. The summed E-state index contributed by atoms with van der Waals surface area (Å²) in [5.74, 6) is 2.05. The number of nitrogens with zero attached hydrogens (tertiary/aromatic N) is 3. The van der Waals surface area contributed by atoms with Gasteiger partial charge in [-0.15, -0.1) is 6.42 Å². The monoisotopic (exact) mass is 492 g/mol. The number of nitrogens with one attached hydrogen (secondary N) is 1. The first kappa shape index (κ1) is 22.4. The van der Waals surface area contributed by atoms with Crippen molar-refractivity contribution in [1.82, 2.24) is 14.6 Å². The van der Waals surface area contributed by atoms with E-state index in [9.17, 15) is 13.2 Å². The number of hydrogen-bond donors (Lipinski definition) is 1. The molecule has 2 aromatic carbocycles. The minimum absolute atomic E-state index is 0.0564. The van der Waals surface area contributed by atoms with Crippen LogP contribution in [0.3, 0.4) is 0 Å². The lowest BCUT2D eigenvalue weighted by Gasteiger charge is -2.33. The molecule has 0 saturated carbocycles. The number of terminal acetylenes is 1. The number of aromatic nitrogens is 1. The fourth-order valence-corrected chi connectivity index (χ4v) is 5.52. The van der Waals surface area contributed by atoms with Gasteiger partial charge in [-0.25, -0.2) is 8.42 Å². The van der Waals surface area contributed by atoms with Crippen LogP contribution in [0.15, 0.2) is 45.7 Å². The van der Waals surface area contributed by atoms with Crippen LogP contribution in [0.4, 0.5) is 6.01 Å². The molecule has 11 heteroatoms. The SMILES string of the molecule is C#CCNC(=O)c1ccc2oc(N3CCN(S(=O)(=O)c4cc(Cl)cc(Cl)c4)CC3)nc2c1. The van der Waals surface area contributed by atoms with E-state index in [4.69, 9.17) is 34.0 Å². The molecular formula is C21H18Cl2N4O4S. The Morgan fingerprint density at radius 1 is 1.12 bits per heavy atom. The Bertz CT molecular complexity index is 1310. The number of benzene rings is 2. The number of halogens is 2. The number of hydrogen-bond acceptors (Lipinski definition) is 6. The van der Waals surface area contributed by atoms with Crippen LogP contribution >= 0.6 is 23.2 Å². The summed E-state index contributed by atoms with van der Waals surface area (Å²) in [6, 6.07) is 9.53. The molecule has 1 aliphatic rings. The van der Waals surface area contributed by atoms with Crippen LogP contribution in [0.1, 0.15) is 10.4 Å². The molecule has 1 fully saturated rings. The van der Waals surface area contributed by atoms with Gasteiger partial charge in [0.25, 0.3) is 11.9 Å². The predicted molar refractivity (Wildman–Crippen MR) is 123 cm³/mol. The average Bonchev–Trinajstić information content (AvgIpc) is 3.20. The quantitative estimate of drug-likeness (QED) is 0.550. The van der Waals surface area contributed by atoms with Crippen LogP contribution in [0.25, 0.3) is 11.1 Å². The van der Waals surface area contributed by atoms with Gasteiger partial charge in [0.2, 0.25) is 10.0 Å². The summed E-state index contributed by atoms with van der Waals surface area (Å²) in [5.41, 5.74) is 1.47. The molecule has 0 aliphatic carbocycles. The highest BCUT2D eigenvalue weighted by Crippen LogP contribution is 2.27. The Labute approximate surface area is 195 Å². The van der Waals surface area contributed by atoms with Gasteiger partial charge in [0.1, 0.15) is 5.52 Å². The van der Waals surface area contributed by atoms with Gasteiger partial charge in [-0.1, -0.05) is 29.1 Å². The Kier molecular flexibility index (Phi) is 6.31. The van der Waals surface area contributed by atoms with Crippen molar-refractivity contribution in [3.8, 4) is 12.3 Å². The topological polar surface area (TPSA) is 95.8 Å². The zero-order chi connectivity index (χ0) is 22.9. The number of piperazine rings is 1. The summed E-state index contributed by atoms with van der Waals surface area (Å²) in [7, 11) is -3.73. The maximum absolute atomic E-state index is 13.0. The number of rotatable bonds is 5. The van der Waals surface area contributed by atoms with E-state index in [1.807, 2.05) is 4.90 Å². The van der Waals surface area contributed by atoms with Crippen LogP contribution in [-0.2, 0) is 10.0 Å². The second-order valence-electron chi connectivity index (χ2n) is 7.06. The number of amides is 1. The smallest absolute Gasteiger partial charge is 0.298 e. The van der Waals surface area contributed by atoms with Crippen LogP contribution < -0.4 is 10.2 Å². The lowest BCUT2D eigenvalue weighted by Crippen LogP contribution is -2.48. The van der Waals surface area contributed by atoms with Crippen molar-refractivity contribution in [3.63, 3.8) is 0 Å². The number of fused-ring (bicyclic) bond motifs is 1. The Hall–Kier alpha value is -2.77. The van der Waals surface area contributed by atoms with Crippen molar-refractivity contribution in [2.75, 3.05) is 37.6 Å². The number of oxazole rings is 1. The fraction of sp³-hybridized carbons (Fsp3) is 0.238. The molecule has 0 atom stereocenters. The maximum Gasteiger partial charge on any atom is 0.298 e. The molecule has 3 aromatic rings. The minimum Gasteiger partial charge on any atom is -0.423 e. The summed E-state index contributed by atoms with van der Waals surface area (Å²) in [4.78, 5) is 18.5. The highest BCUT2D eigenvalue weighted by Gasteiger charge is 2.30. The highest BCUT2D eigenvalue weighted by molar-refractivity contribution is 7.89. The predicted octanol–water partition coefficient (Wildman–Crippen LogP) is 3.01. The lowest BCUT2D eigenvalue weighted by atomic mass is 10.2. The number of carbonyl (C=O) groups excluding carboxylic acids is 1. The van der Waals surface area contributed by atoms with E-state index < -0.39 is 10.0 Å². The van der Waals surface area contributed by atoms with Gasteiger partial charge in [-0.3, -0.25) is 4.79 Å². The molecule has 4 rings (SSSR count). The van der Waals surface area contributed by atoms with Crippen LogP contribution in [0.2, 0.25) is 10.0 Å². The van der Waals surface area contributed by atoms with E-state index in [2.05, 4.69) is 16.2 Å². The van der Waals surface area contributed by atoms with Gasteiger partial charge in [0.05, 0.1) is 11.4 Å². The first-order valence-corrected chi connectivity index (χ1v) is 11.8. The summed E-state index contributed by atoms with van der Waals surface area (Å²) in [6.45, 7) is 1.39. The highest BCUT2D eigenvalue weighted by atomic mass is 35.5. The average molecular weight is 493 g/mol. The van der Waals surface area contributed by atoms with Crippen molar-refractivity contribution in [3.05, 3.63) is 52.0 Å². The fourth-order valence-electron chi connectivity index (χ4n) is 3.37. The summed E-state index contributed by atoms with van der Waals surface area (Å²) < 4.78 is 33.1. The Balaban J connectivity index is 1.48. The molecule has 0 bridgehead atoms. The van der Waals surface area contributed by atoms with Gasteiger partial charge in [0.15, 0.2) is 5.58 Å². The van der Waals surface area contributed by atoms with Crippen LogP contribution in [0, 0.1) is 12.3 Å². The molecule has 0 unspecified atom stereocenters. The van der Waals surface area contributed by atoms with Crippen molar-refractivity contribution >= 4 is 56.2 Å². The lowest BCUT2D eigenvalue weighted by molar-refractivity contribution is 0.0959. The van der Waals surface area contributed by atoms with E-state index in [1.54, 1.807) is 18.2 Å². The molecule has 1 amide bonds. The molecule has 0 spiro atoms. The van der Waals surface area contributed by atoms with E-state index in [1.165, 1.54) is 22.5 Å². The molecule has 166 valence electrons. The van der Waals surface area contributed by atoms with E-state index in [0.29, 0.717) is 35.8 Å². The molecule has 2 heterocycles. The summed E-state index contributed by atoms with van der Waals surface area (Å²) in [6.07, 6.45) is 5.16. The van der Waals surface area contributed by atoms with Crippen LogP contribution in [-0.4, -0.2) is 56.3 Å². The van der Waals surface area contributed by atoms with Crippen LogP contribution in [0.5, 0.6) is 0 Å². The molecule has 1 aromatic heterocycles. The van der Waals surface area contributed by atoms with Gasteiger partial charge in [-0.2, -0.15) is 9.29 Å². The summed E-state index contributed by atoms with van der Waals surface area (Å²) >= 11 is 11.9. The summed E-state index contributed by atoms with van der Waals surface area (Å²) in [5, 5.41) is 3.12. The number of sulfonamides is 1. The van der Waals surface area contributed by atoms with E-state index >= 15 is 0 Å². The van der Waals surface area contributed by atoms with E-state index in [0.717, 1.165) is 0 Å². The second kappa shape index (κ2) is 9.00. The molecule has 32 heavy (non-hydrogen) atoms.